The predicted octanol–water partition coefficient (Wildman–Crippen LogP) is 4.51. The number of benzene rings is 1. The van der Waals surface area contributed by atoms with Crippen molar-refractivity contribution in [3.05, 3.63) is 33.9 Å². The largest absolute Gasteiger partial charge is 0.385 e. The van der Waals surface area contributed by atoms with E-state index in [1.54, 1.807) is 12.1 Å². The minimum Gasteiger partial charge on any atom is -0.385 e. The number of rotatable bonds is 11. The molecule has 21 heavy (non-hydrogen) atoms. The minimum absolute atomic E-state index is 0.109. The lowest BCUT2D eigenvalue weighted by atomic mass is 10.1. The zero-order valence-corrected chi connectivity index (χ0v) is 13.1. The number of nitro groups is 1. The van der Waals surface area contributed by atoms with Gasteiger partial charge < -0.3 is 10.1 Å². The molecule has 0 aliphatic rings. The Balaban J connectivity index is 2.47. The maximum Gasteiger partial charge on any atom is 0.269 e. The molecule has 1 aromatic carbocycles. The molecule has 0 fully saturated rings. The van der Waals surface area contributed by atoms with Crippen LogP contribution in [-0.4, -0.2) is 18.1 Å². The normalized spacial score (nSPS) is 10.6. The second-order valence-electron chi connectivity index (χ2n) is 5.10. The van der Waals surface area contributed by atoms with Gasteiger partial charge in [-0.1, -0.05) is 32.6 Å². The van der Waals surface area contributed by atoms with Gasteiger partial charge in [0.25, 0.3) is 5.69 Å². The van der Waals surface area contributed by atoms with E-state index in [1.807, 2.05) is 6.92 Å². The van der Waals surface area contributed by atoms with E-state index in [1.165, 1.54) is 31.7 Å². The van der Waals surface area contributed by atoms with Crippen LogP contribution in [0.3, 0.4) is 0 Å². The number of unbranched alkanes of at least 4 members (excludes halogenated alkanes) is 4. The van der Waals surface area contributed by atoms with Crippen LogP contribution < -0.4 is 5.32 Å². The minimum atomic E-state index is -0.371. The molecule has 0 unspecified atom stereocenters. The van der Waals surface area contributed by atoms with E-state index >= 15 is 0 Å². The second-order valence-corrected chi connectivity index (χ2v) is 5.10. The van der Waals surface area contributed by atoms with Gasteiger partial charge in [-0.15, -0.1) is 0 Å². The molecule has 118 valence electrons. The van der Waals surface area contributed by atoms with Gasteiger partial charge in [0.15, 0.2) is 0 Å². The van der Waals surface area contributed by atoms with Crippen LogP contribution in [0, 0.1) is 10.1 Å². The molecule has 1 aromatic rings. The molecule has 0 bridgehead atoms. The number of nitrogens with zero attached hydrogens (tertiary/aromatic N) is 1. The first-order chi connectivity index (χ1) is 10.2. The van der Waals surface area contributed by atoms with Gasteiger partial charge in [-0.2, -0.15) is 0 Å². The number of ether oxygens (including phenoxy) is 1. The molecule has 5 heteroatoms. The zero-order chi connectivity index (χ0) is 15.5. The van der Waals surface area contributed by atoms with E-state index in [0.717, 1.165) is 24.2 Å². The molecule has 0 atom stereocenters. The number of hydrogen-bond acceptors (Lipinski definition) is 4. The van der Waals surface area contributed by atoms with E-state index in [0.29, 0.717) is 13.2 Å². The van der Waals surface area contributed by atoms with Crippen LogP contribution >= 0.6 is 0 Å². The highest BCUT2D eigenvalue weighted by molar-refractivity contribution is 5.55. The molecule has 1 rings (SSSR count). The Morgan fingerprint density at radius 1 is 1.19 bits per heavy atom. The quantitative estimate of drug-likeness (QED) is 0.370. The van der Waals surface area contributed by atoms with Crippen LogP contribution in [0.5, 0.6) is 0 Å². The molecule has 5 nitrogen and oxygen atoms in total. The second kappa shape index (κ2) is 10.2. The van der Waals surface area contributed by atoms with Crippen LogP contribution in [0.15, 0.2) is 18.2 Å². The number of non-ortho nitro benzene ring substituents is 1. The monoisotopic (exact) mass is 294 g/mol. The van der Waals surface area contributed by atoms with Crippen molar-refractivity contribution in [3.63, 3.8) is 0 Å². The van der Waals surface area contributed by atoms with Crippen molar-refractivity contribution >= 4 is 11.4 Å². The standard InChI is InChI=1S/C16H26N2O3/c1-3-5-6-7-8-11-21-13-14-12-15(18(19)20)9-10-16(14)17-4-2/h9-10,12,17H,3-8,11,13H2,1-2H3. The Morgan fingerprint density at radius 2 is 1.95 bits per heavy atom. The fourth-order valence-corrected chi connectivity index (χ4v) is 2.17. The lowest BCUT2D eigenvalue weighted by Gasteiger charge is -2.11. The van der Waals surface area contributed by atoms with Crippen LogP contribution in [-0.2, 0) is 11.3 Å². The first kappa shape index (κ1) is 17.4. The summed E-state index contributed by atoms with van der Waals surface area (Å²) in [6, 6.07) is 4.86. The van der Waals surface area contributed by atoms with E-state index in [4.69, 9.17) is 4.74 Å². The molecule has 1 N–H and O–H groups in total. The summed E-state index contributed by atoms with van der Waals surface area (Å²) < 4.78 is 5.66. The van der Waals surface area contributed by atoms with Crippen molar-refractivity contribution in [1.29, 1.82) is 0 Å². The van der Waals surface area contributed by atoms with Gasteiger partial charge in [-0.05, 0) is 19.4 Å². The summed E-state index contributed by atoms with van der Waals surface area (Å²) in [7, 11) is 0. The fraction of sp³-hybridized carbons (Fsp3) is 0.625. The van der Waals surface area contributed by atoms with Crippen LogP contribution in [0.2, 0.25) is 0 Å². The Kier molecular flexibility index (Phi) is 8.43. The van der Waals surface area contributed by atoms with Gasteiger partial charge in [0.05, 0.1) is 11.5 Å². The third-order valence-electron chi connectivity index (χ3n) is 3.32. The summed E-state index contributed by atoms with van der Waals surface area (Å²) in [5, 5.41) is 14.1. The van der Waals surface area contributed by atoms with Crippen LogP contribution in [0.1, 0.15) is 51.5 Å². The summed E-state index contributed by atoms with van der Waals surface area (Å²) in [5.41, 5.74) is 1.87. The molecule has 0 amide bonds. The van der Waals surface area contributed by atoms with Gasteiger partial charge in [-0.25, -0.2) is 0 Å². The Labute approximate surface area is 126 Å². The first-order valence-corrected chi connectivity index (χ1v) is 7.78. The fourth-order valence-electron chi connectivity index (χ4n) is 2.17. The Hall–Kier alpha value is -1.62. The third-order valence-corrected chi connectivity index (χ3v) is 3.32. The topological polar surface area (TPSA) is 64.4 Å². The van der Waals surface area contributed by atoms with Gasteiger partial charge in [0, 0.05) is 36.5 Å². The number of nitro benzene ring substituents is 1. The van der Waals surface area contributed by atoms with Crippen molar-refractivity contribution in [2.75, 3.05) is 18.5 Å². The SMILES string of the molecule is CCCCCCCOCc1cc([N+](=O)[O-])ccc1NCC. The zero-order valence-electron chi connectivity index (χ0n) is 13.1. The third kappa shape index (κ3) is 6.58. The highest BCUT2D eigenvalue weighted by atomic mass is 16.6. The first-order valence-electron chi connectivity index (χ1n) is 7.78. The Bertz CT molecular complexity index is 436. The van der Waals surface area contributed by atoms with Gasteiger partial charge in [-0.3, -0.25) is 10.1 Å². The summed E-state index contributed by atoms with van der Waals surface area (Å²) in [6.45, 7) is 6.10. The highest BCUT2D eigenvalue weighted by Gasteiger charge is 2.10. The van der Waals surface area contributed by atoms with Crippen molar-refractivity contribution in [2.45, 2.75) is 52.6 Å². The maximum absolute atomic E-state index is 10.8. The molecule has 0 saturated carbocycles. The van der Waals surface area contributed by atoms with Gasteiger partial charge in [0.1, 0.15) is 0 Å². The average Bonchev–Trinajstić information content (AvgIpc) is 2.47. The van der Waals surface area contributed by atoms with E-state index in [9.17, 15) is 10.1 Å². The molecule has 0 radical (unpaired) electrons. The number of nitrogens with one attached hydrogen (secondary N) is 1. The van der Waals surface area contributed by atoms with Crippen LogP contribution in [0.25, 0.3) is 0 Å². The maximum atomic E-state index is 10.8. The molecule has 0 aliphatic carbocycles. The highest BCUT2D eigenvalue weighted by Crippen LogP contribution is 2.23. The predicted molar refractivity (Wildman–Crippen MR) is 85.7 cm³/mol. The van der Waals surface area contributed by atoms with Crippen molar-refractivity contribution in [1.82, 2.24) is 0 Å². The van der Waals surface area contributed by atoms with Gasteiger partial charge in [0.2, 0.25) is 0 Å². The van der Waals surface area contributed by atoms with E-state index < -0.39 is 0 Å². The lowest BCUT2D eigenvalue weighted by Crippen LogP contribution is -2.04. The van der Waals surface area contributed by atoms with Gasteiger partial charge >= 0.3 is 0 Å². The summed E-state index contributed by atoms with van der Waals surface area (Å²) in [6.07, 6.45) is 5.99. The average molecular weight is 294 g/mol. The molecule has 0 saturated heterocycles. The van der Waals surface area contributed by atoms with E-state index in [-0.39, 0.29) is 10.6 Å². The lowest BCUT2D eigenvalue weighted by molar-refractivity contribution is -0.384. The molecule has 0 heterocycles. The summed E-state index contributed by atoms with van der Waals surface area (Å²) >= 11 is 0. The molecular formula is C16H26N2O3. The summed E-state index contributed by atoms with van der Waals surface area (Å²) in [4.78, 5) is 10.5. The van der Waals surface area contributed by atoms with Crippen molar-refractivity contribution in [3.8, 4) is 0 Å². The Morgan fingerprint density at radius 3 is 2.62 bits per heavy atom. The summed E-state index contributed by atoms with van der Waals surface area (Å²) in [5.74, 6) is 0. The molecule has 0 aliphatic heterocycles. The van der Waals surface area contributed by atoms with Crippen molar-refractivity contribution in [2.24, 2.45) is 0 Å². The van der Waals surface area contributed by atoms with Crippen LogP contribution in [0.4, 0.5) is 11.4 Å². The smallest absolute Gasteiger partial charge is 0.269 e. The van der Waals surface area contributed by atoms with Crippen molar-refractivity contribution < 1.29 is 9.66 Å². The number of anilines is 1. The molecule has 0 aromatic heterocycles. The molecule has 0 spiro atoms. The molecular weight excluding hydrogens is 268 g/mol. The number of hydrogen-bond donors (Lipinski definition) is 1. The van der Waals surface area contributed by atoms with E-state index in [2.05, 4.69) is 12.2 Å².